The number of hydrogen-bond acceptors (Lipinski definition) is 1. The number of hydrogen-bond donors (Lipinski definition) is 1. The van der Waals surface area contributed by atoms with E-state index in [2.05, 4.69) is 34.1 Å². The number of halogens is 1. The van der Waals surface area contributed by atoms with Gasteiger partial charge in [0, 0.05) is 10.5 Å². The van der Waals surface area contributed by atoms with E-state index in [9.17, 15) is 0 Å². The molecule has 2 heteroatoms. The molecule has 2 aliphatic rings. The fraction of sp³-hybridized carbons (Fsp3) is 0.455. The molecule has 2 aliphatic carbocycles. The topological polar surface area (TPSA) is 26.0 Å². The first-order valence-corrected chi connectivity index (χ1v) is 5.56. The number of benzene rings is 1. The van der Waals surface area contributed by atoms with Gasteiger partial charge in [-0.3, -0.25) is 0 Å². The summed E-state index contributed by atoms with van der Waals surface area (Å²) < 4.78 is 1.19. The molecule has 0 bridgehead atoms. The van der Waals surface area contributed by atoms with Gasteiger partial charge in [0.25, 0.3) is 0 Å². The van der Waals surface area contributed by atoms with Gasteiger partial charge in [0.15, 0.2) is 0 Å². The molecule has 13 heavy (non-hydrogen) atoms. The molecule has 1 nitrogen and oxygen atoms in total. The van der Waals surface area contributed by atoms with E-state index in [4.69, 9.17) is 5.73 Å². The first-order valence-electron chi connectivity index (χ1n) is 4.77. The standard InChI is InChI=1S/C11H12BrN/c12-7-1-2-8-9(5-7)11(3-4-11)6-10(8)13/h1-2,5,10H,3-4,6,13H2. The third-order valence-corrected chi connectivity index (χ3v) is 3.94. The number of rotatable bonds is 0. The van der Waals surface area contributed by atoms with E-state index in [0.29, 0.717) is 5.41 Å². The summed E-state index contributed by atoms with van der Waals surface area (Å²) >= 11 is 3.52. The molecule has 68 valence electrons. The van der Waals surface area contributed by atoms with E-state index in [0.717, 1.165) is 0 Å². The summed E-state index contributed by atoms with van der Waals surface area (Å²) in [6, 6.07) is 6.82. The lowest BCUT2D eigenvalue weighted by atomic mass is 9.99. The zero-order valence-electron chi connectivity index (χ0n) is 7.39. The fourth-order valence-electron chi connectivity index (χ4n) is 2.58. The lowest BCUT2D eigenvalue weighted by Gasteiger charge is -2.06. The van der Waals surface area contributed by atoms with Crippen LogP contribution in [0.5, 0.6) is 0 Å². The fourth-order valence-corrected chi connectivity index (χ4v) is 2.94. The summed E-state index contributed by atoms with van der Waals surface area (Å²) in [7, 11) is 0. The van der Waals surface area contributed by atoms with Crippen LogP contribution in [0.3, 0.4) is 0 Å². The summed E-state index contributed by atoms with van der Waals surface area (Å²) in [6.45, 7) is 0. The van der Waals surface area contributed by atoms with Crippen LogP contribution in [0.15, 0.2) is 22.7 Å². The van der Waals surface area contributed by atoms with Gasteiger partial charge in [-0.1, -0.05) is 22.0 Å². The summed E-state index contributed by atoms with van der Waals surface area (Å²) in [6.07, 6.45) is 3.84. The van der Waals surface area contributed by atoms with Crippen molar-refractivity contribution in [3.63, 3.8) is 0 Å². The Morgan fingerprint density at radius 3 is 2.85 bits per heavy atom. The Kier molecular flexibility index (Phi) is 1.46. The minimum absolute atomic E-state index is 0.283. The molecule has 2 N–H and O–H groups in total. The largest absolute Gasteiger partial charge is 0.324 e. The molecule has 1 saturated carbocycles. The molecule has 1 unspecified atom stereocenters. The first kappa shape index (κ1) is 8.01. The molecule has 0 heterocycles. The summed E-state index contributed by atoms with van der Waals surface area (Å²) in [4.78, 5) is 0. The zero-order valence-corrected chi connectivity index (χ0v) is 8.97. The molecule has 1 aromatic carbocycles. The summed E-state index contributed by atoms with van der Waals surface area (Å²) in [5.41, 5.74) is 9.47. The molecule has 1 fully saturated rings. The summed E-state index contributed by atoms with van der Waals surface area (Å²) in [5.74, 6) is 0. The maximum absolute atomic E-state index is 6.10. The molecule has 1 atom stereocenters. The maximum atomic E-state index is 6.10. The molecular formula is C11H12BrN. The Balaban J connectivity index is 2.20. The molecule has 0 amide bonds. The second kappa shape index (κ2) is 2.37. The van der Waals surface area contributed by atoms with E-state index in [1.54, 1.807) is 0 Å². The van der Waals surface area contributed by atoms with E-state index in [1.165, 1.54) is 34.9 Å². The highest BCUT2D eigenvalue weighted by molar-refractivity contribution is 9.10. The predicted octanol–water partition coefficient (Wildman–Crippen LogP) is 2.88. The Morgan fingerprint density at radius 2 is 2.15 bits per heavy atom. The third kappa shape index (κ3) is 1.02. The lowest BCUT2D eigenvalue weighted by molar-refractivity contribution is 0.597. The van der Waals surface area contributed by atoms with Gasteiger partial charge in [-0.25, -0.2) is 0 Å². The third-order valence-electron chi connectivity index (χ3n) is 3.45. The Labute approximate surface area is 86.5 Å². The maximum Gasteiger partial charge on any atom is 0.0306 e. The van der Waals surface area contributed by atoms with E-state index >= 15 is 0 Å². The quantitative estimate of drug-likeness (QED) is 0.738. The molecule has 0 saturated heterocycles. The molecule has 0 aromatic heterocycles. The predicted molar refractivity (Wildman–Crippen MR) is 56.6 cm³/mol. The normalized spacial score (nSPS) is 27.7. The van der Waals surface area contributed by atoms with Gasteiger partial charge >= 0.3 is 0 Å². The minimum atomic E-state index is 0.283. The molecule has 0 aliphatic heterocycles. The van der Waals surface area contributed by atoms with Crippen LogP contribution >= 0.6 is 15.9 Å². The highest BCUT2D eigenvalue weighted by Crippen LogP contribution is 2.59. The molecule has 3 rings (SSSR count). The molecule has 1 spiro atoms. The van der Waals surface area contributed by atoms with Crippen LogP contribution in [-0.2, 0) is 5.41 Å². The van der Waals surface area contributed by atoms with Crippen LogP contribution in [0.25, 0.3) is 0 Å². The van der Waals surface area contributed by atoms with Crippen molar-refractivity contribution in [2.24, 2.45) is 5.73 Å². The van der Waals surface area contributed by atoms with E-state index in [-0.39, 0.29) is 6.04 Å². The highest BCUT2D eigenvalue weighted by Gasteiger charge is 2.51. The second-order valence-corrected chi connectivity index (χ2v) is 5.24. The second-order valence-electron chi connectivity index (χ2n) is 4.32. The Bertz CT molecular complexity index is 368. The van der Waals surface area contributed by atoms with Gasteiger partial charge in [-0.15, -0.1) is 0 Å². The first-order chi connectivity index (χ1) is 6.21. The Hall–Kier alpha value is -0.340. The zero-order chi connectivity index (χ0) is 9.05. The number of nitrogens with two attached hydrogens (primary N) is 1. The molecule has 1 aromatic rings. The van der Waals surface area contributed by atoms with Crippen molar-refractivity contribution >= 4 is 15.9 Å². The van der Waals surface area contributed by atoms with Gasteiger partial charge in [0.2, 0.25) is 0 Å². The Morgan fingerprint density at radius 1 is 1.38 bits per heavy atom. The number of fused-ring (bicyclic) bond motifs is 2. The van der Waals surface area contributed by atoms with Crippen LogP contribution < -0.4 is 5.73 Å². The average molecular weight is 238 g/mol. The van der Waals surface area contributed by atoms with Gasteiger partial charge in [-0.2, -0.15) is 0 Å². The van der Waals surface area contributed by atoms with Gasteiger partial charge in [0.05, 0.1) is 0 Å². The monoisotopic (exact) mass is 237 g/mol. The van der Waals surface area contributed by atoms with E-state index < -0.39 is 0 Å². The summed E-state index contributed by atoms with van der Waals surface area (Å²) in [5, 5.41) is 0. The van der Waals surface area contributed by atoms with Crippen molar-refractivity contribution in [1.29, 1.82) is 0 Å². The van der Waals surface area contributed by atoms with Gasteiger partial charge < -0.3 is 5.73 Å². The van der Waals surface area contributed by atoms with E-state index in [1.807, 2.05) is 0 Å². The van der Waals surface area contributed by atoms with Gasteiger partial charge in [0.1, 0.15) is 0 Å². The van der Waals surface area contributed by atoms with Crippen molar-refractivity contribution < 1.29 is 0 Å². The SMILES string of the molecule is NC1CC2(CC2)c2cc(Br)ccc21. The van der Waals surface area contributed by atoms with Crippen LogP contribution in [0.1, 0.15) is 36.4 Å². The van der Waals surface area contributed by atoms with Crippen molar-refractivity contribution in [2.45, 2.75) is 30.7 Å². The van der Waals surface area contributed by atoms with Crippen LogP contribution in [0, 0.1) is 0 Å². The van der Waals surface area contributed by atoms with Crippen LogP contribution in [0.4, 0.5) is 0 Å². The lowest BCUT2D eigenvalue weighted by Crippen LogP contribution is -2.07. The van der Waals surface area contributed by atoms with Crippen molar-refractivity contribution in [3.8, 4) is 0 Å². The minimum Gasteiger partial charge on any atom is -0.324 e. The molecular weight excluding hydrogens is 226 g/mol. The average Bonchev–Trinajstić information content (AvgIpc) is 2.79. The van der Waals surface area contributed by atoms with Crippen molar-refractivity contribution in [3.05, 3.63) is 33.8 Å². The van der Waals surface area contributed by atoms with Crippen LogP contribution in [0.2, 0.25) is 0 Å². The van der Waals surface area contributed by atoms with Gasteiger partial charge in [-0.05, 0) is 47.9 Å². The smallest absolute Gasteiger partial charge is 0.0306 e. The highest BCUT2D eigenvalue weighted by atomic mass is 79.9. The van der Waals surface area contributed by atoms with Crippen LogP contribution in [-0.4, -0.2) is 0 Å². The molecule has 0 radical (unpaired) electrons. The van der Waals surface area contributed by atoms with Crippen molar-refractivity contribution in [2.75, 3.05) is 0 Å². The van der Waals surface area contributed by atoms with Crippen molar-refractivity contribution in [1.82, 2.24) is 0 Å².